The molecule has 40 heavy (non-hydrogen) atoms. The molecule has 2 N–H and O–H groups in total. The number of fused-ring (bicyclic) bond motifs is 1. The summed E-state index contributed by atoms with van der Waals surface area (Å²) in [5, 5.41) is 10.7. The number of hydrogen-bond donors (Lipinski definition) is 2. The van der Waals surface area contributed by atoms with Gasteiger partial charge in [-0.3, -0.25) is 4.79 Å². The fourth-order valence-electron chi connectivity index (χ4n) is 4.74. The average molecular weight is 540 g/mol. The molecule has 1 amide bonds. The Morgan fingerprint density at radius 2 is 1.68 bits per heavy atom. The van der Waals surface area contributed by atoms with Crippen molar-refractivity contribution < 1.29 is 19.0 Å². The summed E-state index contributed by atoms with van der Waals surface area (Å²) in [5.74, 6) is 2.09. The highest BCUT2D eigenvalue weighted by atomic mass is 16.5. The highest BCUT2D eigenvalue weighted by molar-refractivity contribution is 6.06. The van der Waals surface area contributed by atoms with Gasteiger partial charge in [0.15, 0.2) is 11.5 Å². The molecular weight excluding hydrogens is 506 g/mol. The summed E-state index contributed by atoms with van der Waals surface area (Å²) < 4.78 is 19.6. The molecule has 1 unspecified atom stereocenters. The van der Waals surface area contributed by atoms with Crippen LogP contribution >= 0.6 is 0 Å². The van der Waals surface area contributed by atoms with Crippen molar-refractivity contribution in [2.24, 2.45) is 0 Å². The van der Waals surface area contributed by atoms with Crippen LogP contribution < -0.4 is 24.8 Å². The Kier molecular flexibility index (Phi) is 8.00. The molecule has 0 saturated heterocycles. The summed E-state index contributed by atoms with van der Waals surface area (Å²) in [4.78, 5) is 18.2. The largest absolute Gasteiger partial charge is 0.492 e. The minimum atomic E-state index is -0.553. The summed E-state index contributed by atoms with van der Waals surface area (Å²) in [6.45, 7) is 9.11. The molecule has 5 rings (SSSR count). The van der Waals surface area contributed by atoms with Crippen LogP contribution in [0.4, 0.5) is 11.6 Å². The highest BCUT2D eigenvalue weighted by Crippen LogP contribution is 2.39. The van der Waals surface area contributed by atoms with Crippen LogP contribution in [-0.2, 0) is 11.4 Å². The molecule has 2 heterocycles. The lowest BCUT2D eigenvalue weighted by atomic mass is 9.94. The van der Waals surface area contributed by atoms with E-state index >= 15 is 0 Å². The molecule has 1 aromatic heterocycles. The van der Waals surface area contributed by atoms with Gasteiger partial charge < -0.3 is 24.8 Å². The normalized spacial score (nSPS) is 14.2. The van der Waals surface area contributed by atoms with Crippen LogP contribution in [0.25, 0.3) is 0 Å². The number of anilines is 2. The van der Waals surface area contributed by atoms with E-state index in [4.69, 9.17) is 14.2 Å². The van der Waals surface area contributed by atoms with Crippen molar-refractivity contribution >= 4 is 17.5 Å². The van der Waals surface area contributed by atoms with E-state index in [-0.39, 0.29) is 5.91 Å². The van der Waals surface area contributed by atoms with Gasteiger partial charge >= 0.3 is 0 Å². The van der Waals surface area contributed by atoms with E-state index in [1.54, 1.807) is 4.68 Å². The van der Waals surface area contributed by atoms with Crippen LogP contribution in [0, 0.1) is 6.92 Å². The molecule has 0 spiro atoms. The van der Waals surface area contributed by atoms with Gasteiger partial charge in [0.05, 0.1) is 24.5 Å². The van der Waals surface area contributed by atoms with Crippen molar-refractivity contribution in [1.29, 1.82) is 0 Å². The average Bonchev–Trinajstić information content (AvgIpc) is 3.42. The Morgan fingerprint density at radius 3 is 2.48 bits per heavy atom. The number of nitrogens with one attached hydrogen (secondary N) is 2. The van der Waals surface area contributed by atoms with E-state index in [0.717, 1.165) is 16.7 Å². The standard InChI is InChI=1S/C31H33N5O4/c1-5-38-25-14-10-9-13-24(25)35-30(37)28-21(4)34-31-32-19-33-36(31)29(28)22-15-16-26(27(17-22)39-6-2)40-18-23-12-8-7-11-20(23)3/h7-17,19,29H,5-6,18H2,1-4H3,(H,35,37)(H,32,33,34). The third-order valence-electron chi connectivity index (χ3n) is 6.70. The van der Waals surface area contributed by atoms with Gasteiger partial charge in [0.2, 0.25) is 5.95 Å². The zero-order valence-corrected chi connectivity index (χ0v) is 23.1. The number of rotatable bonds is 10. The number of ether oxygens (including phenoxy) is 3. The summed E-state index contributed by atoms with van der Waals surface area (Å²) in [6, 6.07) is 20.7. The summed E-state index contributed by atoms with van der Waals surface area (Å²) in [5.41, 5.74) is 4.84. The van der Waals surface area contributed by atoms with Gasteiger partial charge in [0.25, 0.3) is 5.91 Å². The number of allylic oxidation sites excluding steroid dienone is 1. The number of carbonyl (C=O) groups excluding carboxylic acids is 1. The molecule has 1 aliphatic heterocycles. The minimum Gasteiger partial charge on any atom is -0.492 e. The first kappa shape index (κ1) is 26.8. The van der Waals surface area contributed by atoms with Crippen LogP contribution in [0.15, 0.2) is 84.3 Å². The first-order valence-electron chi connectivity index (χ1n) is 13.3. The lowest BCUT2D eigenvalue weighted by molar-refractivity contribution is -0.113. The molecule has 3 aromatic carbocycles. The maximum atomic E-state index is 13.8. The second kappa shape index (κ2) is 11.9. The molecule has 1 aliphatic rings. The first-order valence-corrected chi connectivity index (χ1v) is 13.3. The lowest BCUT2D eigenvalue weighted by Gasteiger charge is -2.29. The van der Waals surface area contributed by atoms with Crippen molar-refractivity contribution in [2.45, 2.75) is 40.3 Å². The maximum absolute atomic E-state index is 13.8. The summed E-state index contributed by atoms with van der Waals surface area (Å²) >= 11 is 0. The Morgan fingerprint density at radius 1 is 0.925 bits per heavy atom. The molecule has 0 radical (unpaired) electrons. The third-order valence-corrected chi connectivity index (χ3v) is 6.70. The van der Waals surface area contributed by atoms with Crippen molar-refractivity contribution in [1.82, 2.24) is 14.8 Å². The van der Waals surface area contributed by atoms with Gasteiger partial charge in [0.1, 0.15) is 24.7 Å². The number of amides is 1. The number of nitrogens with zero attached hydrogens (tertiary/aromatic N) is 3. The fourth-order valence-corrected chi connectivity index (χ4v) is 4.74. The van der Waals surface area contributed by atoms with Crippen LogP contribution in [0.3, 0.4) is 0 Å². The van der Waals surface area contributed by atoms with Crippen molar-refractivity contribution in [3.05, 3.63) is 101 Å². The number of aryl methyl sites for hydroxylation is 1. The number of aromatic nitrogens is 3. The van der Waals surface area contributed by atoms with Crippen LogP contribution in [-0.4, -0.2) is 33.9 Å². The zero-order chi connectivity index (χ0) is 28.1. The molecule has 1 atom stereocenters. The van der Waals surface area contributed by atoms with Crippen molar-refractivity contribution in [3.63, 3.8) is 0 Å². The molecule has 0 saturated carbocycles. The summed E-state index contributed by atoms with van der Waals surface area (Å²) in [6.07, 6.45) is 1.47. The molecule has 4 aromatic rings. The molecule has 0 aliphatic carbocycles. The van der Waals surface area contributed by atoms with Crippen molar-refractivity contribution in [3.8, 4) is 17.2 Å². The van der Waals surface area contributed by atoms with E-state index < -0.39 is 6.04 Å². The fraction of sp³-hybridized carbons (Fsp3) is 0.258. The molecular formula is C31H33N5O4. The molecule has 206 valence electrons. The van der Waals surface area contributed by atoms with Gasteiger partial charge in [-0.15, -0.1) is 0 Å². The Balaban J connectivity index is 1.49. The minimum absolute atomic E-state index is 0.277. The van der Waals surface area contributed by atoms with E-state index in [2.05, 4.69) is 33.7 Å². The number of benzene rings is 3. The SMILES string of the molecule is CCOc1ccccc1NC(=O)C1=C(C)Nc2ncnn2C1c1ccc(OCc2ccccc2C)c(OCC)c1. The van der Waals surface area contributed by atoms with Crippen LogP contribution in [0.1, 0.15) is 43.5 Å². The van der Waals surface area contributed by atoms with E-state index in [1.165, 1.54) is 6.33 Å². The number of carbonyl (C=O) groups is 1. The second-order valence-electron chi connectivity index (χ2n) is 9.33. The second-order valence-corrected chi connectivity index (χ2v) is 9.33. The molecule has 9 heteroatoms. The zero-order valence-electron chi connectivity index (χ0n) is 23.1. The third kappa shape index (κ3) is 5.49. The van der Waals surface area contributed by atoms with Gasteiger partial charge in [-0.05, 0) is 68.7 Å². The highest BCUT2D eigenvalue weighted by Gasteiger charge is 2.34. The predicted octanol–water partition coefficient (Wildman–Crippen LogP) is 5.89. The monoisotopic (exact) mass is 539 g/mol. The predicted molar refractivity (Wildman–Crippen MR) is 154 cm³/mol. The molecule has 9 nitrogen and oxygen atoms in total. The van der Waals surface area contributed by atoms with Gasteiger partial charge in [0, 0.05) is 5.70 Å². The van der Waals surface area contributed by atoms with Crippen LogP contribution in [0.5, 0.6) is 17.2 Å². The Hall–Kier alpha value is -4.79. The first-order chi connectivity index (χ1) is 19.5. The topological polar surface area (TPSA) is 99.5 Å². The number of hydrogen-bond acceptors (Lipinski definition) is 7. The van der Waals surface area contributed by atoms with E-state index in [9.17, 15) is 4.79 Å². The van der Waals surface area contributed by atoms with Gasteiger partial charge in [-0.25, -0.2) is 4.68 Å². The van der Waals surface area contributed by atoms with E-state index in [0.29, 0.717) is 60.0 Å². The smallest absolute Gasteiger partial charge is 0.255 e. The van der Waals surface area contributed by atoms with Crippen LogP contribution in [0.2, 0.25) is 0 Å². The van der Waals surface area contributed by atoms with Gasteiger partial charge in [-0.1, -0.05) is 42.5 Å². The maximum Gasteiger partial charge on any atom is 0.255 e. The van der Waals surface area contributed by atoms with Crippen molar-refractivity contribution in [2.75, 3.05) is 23.8 Å². The number of para-hydroxylation sites is 2. The molecule has 0 fully saturated rings. The quantitative estimate of drug-likeness (QED) is 0.259. The summed E-state index contributed by atoms with van der Waals surface area (Å²) in [7, 11) is 0. The van der Waals surface area contributed by atoms with Gasteiger partial charge in [-0.2, -0.15) is 10.1 Å². The van der Waals surface area contributed by atoms with E-state index in [1.807, 2.05) is 81.4 Å². The Labute approximate surface area is 233 Å². The Bertz CT molecular complexity index is 1540. The lowest BCUT2D eigenvalue weighted by Crippen LogP contribution is -2.31. The molecule has 0 bridgehead atoms.